The minimum atomic E-state index is 0. The van der Waals surface area contributed by atoms with Crippen LogP contribution in [0.15, 0.2) is 24.3 Å². The van der Waals surface area contributed by atoms with Crippen molar-refractivity contribution in [2.24, 2.45) is 0 Å². The van der Waals surface area contributed by atoms with Crippen LogP contribution in [0.1, 0.15) is 43.6 Å². The fourth-order valence-corrected chi connectivity index (χ4v) is 2.45. The molecule has 91 valence electrons. The molecule has 0 amide bonds. The average molecular weight is 317 g/mol. The molecule has 0 N–H and O–H groups in total. The Hall–Kier alpha value is 0.804. The number of hydrogen-bond acceptors (Lipinski definition) is 0. The van der Waals surface area contributed by atoms with E-state index in [0.29, 0.717) is 0 Å². The van der Waals surface area contributed by atoms with E-state index < -0.39 is 0 Å². The molecule has 2 rings (SSSR count). The maximum atomic E-state index is 2.31. The molecule has 0 radical (unpaired) electrons. The molecule has 0 unspecified atom stereocenters. The molecule has 1 saturated carbocycles. The molecule has 0 bridgehead atoms. The monoisotopic (exact) mass is 315 g/mol. The van der Waals surface area contributed by atoms with Crippen LogP contribution < -0.4 is 3.87 Å². The second-order valence-corrected chi connectivity index (χ2v) is 4.86. The van der Waals surface area contributed by atoms with Gasteiger partial charge in [-0.2, -0.15) is 0 Å². The van der Waals surface area contributed by atoms with Crippen LogP contribution in [0.2, 0.25) is 0 Å². The summed E-state index contributed by atoms with van der Waals surface area (Å²) in [6.45, 7) is 0. The fourth-order valence-electron chi connectivity index (χ4n) is 2.19. The second-order valence-electron chi connectivity index (χ2n) is 3.96. The minimum absolute atomic E-state index is 0. The van der Waals surface area contributed by atoms with Gasteiger partial charge in [0, 0.05) is 0 Å². The Morgan fingerprint density at radius 3 is 1.81 bits per heavy atom. The Labute approximate surface area is 129 Å². The molecule has 0 spiro atoms. The molecule has 0 atom stereocenters. The van der Waals surface area contributed by atoms with Crippen LogP contribution in [0.3, 0.4) is 0 Å². The molecule has 1 aromatic rings. The van der Waals surface area contributed by atoms with E-state index >= 15 is 0 Å². The summed E-state index contributed by atoms with van der Waals surface area (Å²) in [5, 5.41) is 0. The van der Waals surface area contributed by atoms with Crippen LogP contribution in [0.4, 0.5) is 0 Å². The van der Waals surface area contributed by atoms with Crippen LogP contribution in [-0.4, -0.2) is 0 Å². The molecule has 1 aliphatic carbocycles. The van der Waals surface area contributed by atoms with Gasteiger partial charge in [0.25, 0.3) is 0 Å². The molecule has 0 nitrogen and oxygen atoms in total. The van der Waals surface area contributed by atoms with Gasteiger partial charge in [0.1, 0.15) is 0 Å². The summed E-state index contributed by atoms with van der Waals surface area (Å²) in [4.78, 5) is 0. The molecule has 1 fully saturated rings. The number of benzene rings is 1. The molecular formula is C12H18Cl3Ti. The topological polar surface area (TPSA) is 0 Å². The summed E-state index contributed by atoms with van der Waals surface area (Å²) in [6.07, 6.45) is 7.12. The third-order valence-electron chi connectivity index (χ3n) is 2.99. The van der Waals surface area contributed by atoms with Gasteiger partial charge in [-0.25, -0.2) is 0 Å². The Morgan fingerprint density at radius 1 is 0.812 bits per heavy atom. The molecule has 0 heterocycles. The zero-order valence-electron chi connectivity index (χ0n) is 9.15. The predicted molar refractivity (Wildman–Crippen MR) is 73.6 cm³/mol. The first-order chi connectivity index (χ1) is 6.36. The van der Waals surface area contributed by atoms with Crippen molar-refractivity contribution in [2.75, 3.05) is 0 Å². The van der Waals surface area contributed by atoms with Gasteiger partial charge in [-0.3, -0.25) is 0 Å². The third-order valence-corrected chi connectivity index (χ3v) is 3.51. The Kier molecular flexibility index (Phi) is 11.7. The van der Waals surface area contributed by atoms with Crippen LogP contribution in [-0.2, 0) is 20.4 Å². The van der Waals surface area contributed by atoms with E-state index in [-0.39, 0.29) is 37.2 Å². The fraction of sp³-hybridized carbons (Fsp3) is 0.500. The third kappa shape index (κ3) is 5.42. The predicted octanol–water partition coefficient (Wildman–Crippen LogP) is 4.17. The molecular weight excluding hydrogens is 298 g/mol. The summed E-state index contributed by atoms with van der Waals surface area (Å²) in [5.74, 6) is 0.856. The van der Waals surface area contributed by atoms with E-state index in [1.165, 1.54) is 36.0 Å². The molecule has 4 heteroatoms. The van der Waals surface area contributed by atoms with Gasteiger partial charge in [0.15, 0.2) is 0 Å². The van der Waals surface area contributed by atoms with Gasteiger partial charge in [-0.1, -0.05) is 0 Å². The van der Waals surface area contributed by atoms with Gasteiger partial charge in [0.05, 0.1) is 0 Å². The molecule has 0 saturated heterocycles. The molecule has 0 aromatic heterocycles. The summed E-state index contributed by atoms with van der Waals surface area (Å²) in [5.41, 5.74) is 1.56. The molecule has 16 heavy (non-hydrogen) atoms. The van der Waals surface area contributed by atoms with Crippen molar-refractivity contribution in [1.82, 2.24) is 0 Å². The van der Waals surface area contributed by atoms with Crippen LogP contribution in [0.5, 0.6) is 0 Å². The Balaban J connectivity index is 0. The summed E-state index contributed by atoms with van der Waals surface area (Å²) >= 11 is 2.16. The Morgan fingerprint density at radius 2 is 1.31 bits per heavy atom. The van der Waals surface area contributed by atoms with Crippen molar-refractivity contribution in [2.45, 2.75) is 38.0 Å². The molecule has 0 aliphatic heterocycles. The number of halogens is 3. The normalized spacial score (nSPS) is 15.2. The van der Waals surface area contributed by atoms with Crippen LogP contribution >= 0.6 is 37.2 Å². The maximum absolute atomic E-state index is 2.31. The van der Waals surface area contributed by atoms with Gasteiger partial charge in [0.2, 0.25) is 0 Å². The number of rotatable bonds is 1. The SMILES string of the molecule is Cl.Cl.Cl.[Ti][c]1ccc(C2CCCCC2)cc1. The van der Waals surface area contributed by atoms with Crippen LogP contribution in [0.25, 0.3) is 0 Å². The average Bonchev–Trinajstić information content (AvgIpc) is 2.20. The van der Waals surface area contributed by atoms with Crippen molar-refractivity contribution < 1.29 is 20.4 Å². The van der Waals surface area contributed by atoms with Crippen molar-refractivity contribution in [3.8, 4) is 0 Å². The van der Waals surface area contributed by atoms with Gasteiger partial charge >= 0.3 is 92.2 Å². The van der Waals surface area contributed by atoms with E-state index in [9.17, 15) is 0 Å². The van der Waals surface area contributed by atoms with Gasteiger partial charge < -0.3 is 0 Å². The zero-order chi connectivity index (χ0) is 9.10. The van der Waals surface area contributed by atoms with E-state index in [1.54, 1.807) is 5.56 Å². The van der Waals surface area contributed by atoms with E-state index in [4.69, 9.17) is 0 Å². The van der Waals surface area contributed by atoms with Crippen molar-refractivity contribution in [3.63, 3.8) is 0 Å². The molecule has 1 aliphatic rings. The second kappa shape index (κ2) is 9.80. The summed E-state index contributed by atoms with van der Waals surface area (Å²) in [6, 6.07) is 9.10. The zero-order valence-corrected chi connectivity index (χ0v) is 13.2. The molecule has 1 aromatic carbocycles. The van der Waals surface area contributed by atoms with Crippen molar-refractivity contribution >= 4 is 41.1 Å². The van der Waals surface area contributed by atoms with E-state index in [1.807, 2.05) is 0 Å². The standard InChI is InChI=1S/C12H15.3ClH.Ti/c1-3-7-11(8-4-1)12-9-5-2-6-10-12;;;;/h5-6,9-11H,1,3-4,7-8H2;3*1H;. The van der Waals surface area contributed by atoms with Crippen molar-refractivity contribution in [1.29, 1.82) is 0 Å². The van der Waals surface area contributed by atoms with Crippen molar-refractivity contribution in [3.05, 3.63) is 29.8 Å². The summed E-state index contributed by atoms with van der Waals surface area (Å²) < 4.78 is 1.37. The van der Waals surface area contributed by atoms with E-state index in [0.717, 1.165) is 5.92 Å². The Bertz CT molecular complexity index is 268. The first kappa shape index (κ1) is 19.2. The van der Waals surface area contributed by atoms with Crippen LogP contribution in [0, 0.1) is 0 Å². The summed E-state index contributed by atoms with van der Waals surface area (Å²) in [7, 11) is 0. The quantitative estimate of drug-likeness (QED) is 0.682. The first-order valence-corrected chi connectivity index (χ1v) is 5.96. The van der Waals surface area contributed by atoms with E-state index in [2.05, 4.69) is 44.7 Å². The van der Waals surface area contributed by atoms with Gasteiger partial charge in [-0.05, 0) is 0 Å². The number of hydrogen-bond donors (Lipinski definition) is 0. The van der Waals surface area contributed by atoms with Gasteiger partial charge in [-0.15, -0.1) is 37.2 Å². The first-order valence-electron chi connectivity index (χ1n) is 5.18.